The zero-order valence-corrected chi connectivity index (χ0v) is 12.7. The van der Waals surface area contributed by atoms with Gasteiger partial charge in [0.05, 0.1) is 18.8 Å². The highest BCUT2D eigenvalue weighted by molar-refractivity contribution is 5.77. The Hall–Kier alpha value is -2.36. The highest BCUT2D eigenvalue weighted by Gasteiger charge is 2.24. The molecule has 1 atom stereocenters. The van der Waals surface area contributed by atoms with Crippen LogP contribution >= 0.6 is 0 Å². The van der Waals surface area contributed by atoms with Gasteiger partial charge in [0.25, 0.3) is 0 Å². The number of ether oxygens (including phenoxy) is 1. The molecule has 1 aliphatic rings. The fourth-order valence-corrected chi connectivity index (χ4v) is 2.82. The quantitative estimate of drug-likeness (QED) is 0.871. The fraction of sp³-hybridized carbons (Fsp3) is 0.333. The standard InChI is InChI=1S/C18H20N2O2/c1-20(13-15-6-4-5-10-19-15)18(21)12-14-9-11-22-17-8-3-2-7-16(14)17/h2-8,10,14H,9,11-13H2,1H3. The van der Waals surface area contributed by atoms with Gasteiger partial charge >= 0.3 is 0 Å². The number of rotatable bonds is 4. The predicted molar refractivity (Wildman–Crippen MR) is 84.6 cm³/mol. The topological polar surface area (TPSA) is 42.4 Å². The first-order valence-corrected chi connectivity index (χ1v) is 7.59. The average molecular weight is 296 g/mol. The molecule has 0 radical (unpaired) electrons. The van der Waals surface area contributed by atoms with E-state index in [1.54, 1.807) is 11.1 Å². The normalized spacial score (nSPS) is 16.5. The minimum absolute atomic E-state index is 0.146. The summed E-state index contributed by atoms with van der Waals surface area (Å²) in [6.45, 7) is 1.23. The summed E-state index contributed by atoms with van der Waals surface area (Å²) in [5, 5.41) is 0. The second-order valence-corrected chi connectivity index (χ2v) is 5.65. The fourth-order valence-electron chi connectivity index (χ4n) is 2.82. The van der Waals surface area contributed by atoms with Crippen molar-refractivity contribution in [2.24, 2.45) is 0 Å². The van der Waals surface area contributed by atoms with Gasteiger partial charge in [-0.15, -0.1) is 0 Å². The van der Waals surface area contributed by atoms with Crippen molar-refractivity contribution in [3.8, 4) is 5.75 Å². The number of amides is 1. The Morgan fingerprint density at radius 1 is 1.27 bits per heavy atom. The van der Waals surface area contributed by atoms with Crippen LogP contribution in [0.2, 0.25) is 0 Å². The van der Waals surface area contributed by atoms with Gasteiger partial charge in [-0.1, -0.05) is 24.3 Å². The zero-order valence-electron chi connectivity index (χ0n) is 12.7. The predicted octanol–water partition coefficient (Wildman–Crippen LogP) is 3.00. The molecule has 0 bridgehead atoms. The van der Waals surface area contributed by atoms with E-state index < -0.39 is 0 Å². The first-order valence-electron chi connectivity index (χ1n) is 7.59. The van der Waals surface area contributed by atoms with Crippen LogP contribution < -0.4 is 4.74 Å². The Morgan fingerprint density at radius 3 is 2.91 bits per heavy atom. The second kappa shape index (κ2) is 6.60. The van der Waals surface area contributed by atoms with Crippen molar-refractivity contribution in [2.75, 3.05) is 13.7 Å². The number of benzene rings is 1. The summed E-state index contributed by atoms with van der Waals surface area (Å²) in [5.41, 5.74) is 2.05. The van der Waals surface area contributed by atoms with Crippen molar-refractivity contribution < 1.29 is 9.53 Å². The number of hydrogen-bond acceptors (Lipinski definition) is 3. The van der Waals surface area contributed by atoms with Crippen molar-refractivity contribution in [2.45, 2.75) is 25.3 Å². The van der Waals surface area contributed by atoms with Crippen LogP contribution in [0.3, 0.4) is 0 Å². The van der Waals surface area contributed by atoms with E-state index >= 15 is 0 Å². The Kier molecular flexibility index (Phi) is 4.37. The molecule has 22 heavy (non-hydrogen) atoms. The highest BCUT2D eigenvalue weighted by atomic mass is 16.5. The van der Waals surface area contributed by atoms with Crippen LogP contribution in [-0.4, -0.2) is 29.4 Å². The molecule has 0 saturated heterocycles. The van der Waals surface area contributed by atoms with Crippen LogP contribution in [0.5, 0.6) is 5.75 Å². The maximum absolute atomic E-state index is 12.5. The minimum Gasteiger partial charge on any atom is -0.493 e. The Morgan fingerprint density at radius 2 is 2.09 bits per heavy atom. The molecule has 4 nitrogen and oxygen atoms in total. The van der Waals surface area contributed by atoms with Crippen LogP contribution in [0.25, 0.3) is 0 Å². The minimum atomic E-state index is 0.146. The molecule has 2 heterocycles. The summed E-state index contributed by atoms with van der Waals surface area (Å²) in [6.07, 6.45) is 3.16. The molecule has 0 saturated carbocycles. The molecule has 1 unspecified atom stereocenters. The third-order valence-corrected chi connectivity index (χ3v) is 4.05. The molecule has 2 aromatic rings. The maximum Gasteiger partial charge on any atom is 0.223 e. The second-order valence-electron chi connectivity index (χ2n) is 5.65. The summed E-state index contributed by atoms with van der Waals surface area (Å²) < 4.78 is 5.66. The van der Waals surface area contributed by atoms with Gasteiger partial charge in [0.2, 0.25) is 5.91 Å². The SMILES string of the molecule is CN(Cc1ccccn1)C(=O)CC1CCOc2ccccc21. The summed E-state index contributed by atoms with van der Waals surface area (Å²) in [5.74, 6) is 1.30. The van der Waals surface area contributed by atoms with Gasteiger partial charge in [0, 0.05) is 19.7 Å². The van der Waals surface area contributed by atoms with Gasteiger partial charge in [-0.05, 0) is 36.1 Å². The lowest BCUT2D eigenvalue weighted by Gasteiger charge is -2.27. The molecule has 0 spiro atoms. The number of aromatic nitrogens is 1. The molecule has 1 amide bonds. The molecule has 0 N–H and O–H groups in total. The number of hydrogen-bond donors (Lipinski definition) is 0. The number of para-hydroxylation sites is 1. The lowest BCUT2D eigenvalue weighted by molar-refractivity contribution is -0.131. The van der Waals surface area contributed by atoms with E-state index in [2.05, 4.69) is 11.1 Å². The van der Waals surface area contributed by atoms with E-state index in [4.69, 9.17) is 4.74 Å². The third kappa shape index (κ3) is 3.27. The number of carbonyl (C=O) groups is 1. The van der Waals surface area contributed by atoms with Crippen molar-refractivity contribution in [3.05, 3.63) is 59.9 Å². The first-order chi connectivity index (χ1) is 10.7. The highest BCUT2D eigenvalue weighted by Crippen LogP contribution is 2.35. The molecule has 1 aliphatic heterocycles. The van der Waals surface area contributed by atoms with Gasteiger partial charge in [-0.3, -0.25) is 9.78 Å². The van der Waals surface area contributed by atoms with Gasteiger partial charge in [0.15, 0.2) is 0 Å². The molecule has 114 valence electrons. The first kappa shape index (κ1) is 14.6. The maximum atomic E-state index is 12.5. The van der Waals surface area contributed by atoms with Crippen LogP contribution in [0.4, 0.5) is 0 Å². The van der Waals surface area contributed by atoms with E-state index in [1.807, 2.05) is 43.4 Å². The third-order valence-electron chi connectivity index (χ3n) is 4.05. The molecule has 1 aromatic heterocycles. The van der Waals surface area contributed by atoms with E-state index in [9.17, 15) is 4.79 Å². The lowest BCUT2D eigenvalue weighted by atomic mass is 9.90. The smallest absolute Gasteiger partial charge is 0.223 e. The molecule has 3 rings (SSSR count). The van der Waals surface area contributed by atoms with Crippen LogP contribution in [-0.2, 0) is 11.3 Å². The van der Waals surface area contributed by atoms with Crippen LogP contribution in [0.1, 0.15) is 30.0 Å². The number of nitrogens with zero attached hydrogens (tertiary/aromatic N) is 2. The summed E-state index contributed by atoms with van der Waals surface area (Å²) in [4.78, 5) is 18.5. The molecule has 1 aromatic carbocycles. The molecular formula is C18H20N2O2. The van der Waals surface area contributed by atoms with Gasteiger partial charge in [0.1, 0.15) is 5.75 Å². The molecule has 0 aliphatic carbocycles. The van der Waals surface area contributed by atoms with Crippen molar-refractivity contribution in [3.63, 3.8) is 0 Å². The van der Waals surface area contributed by atoms with E-state index in [0.29, 0.717) is 19.6 Å². The van der Waals surface area contributed by atoms with Crippen LogP contribution in [0, 0.1) is 0 Å². The van der Waals surface area contributed by atoms with Gasteiger partial charge in [-0.2, -0.15) is 0 Å². The number of carbonyl (C=O) groups excluding carboxylic acids is 1. The molecular weight excluding hydrogens is 276 g/mol. The monoisotopic (exact) mass is 296 g/mol. The van der Waals surface area contributed by atoms with Gasteiger partial charge < -0.3 is 9.64 Å². The van der Waals surface area contributed by atoms with E-state index in [1.165, 1.54) is 0 Å². The van der Waals surface area contributed by atoms with Crippen molar-refractivity contribution in [1.29, 1.82) is 0 Å². The Bertz CT molecular complexity index is 643. The Labute approximate surface area is 130 Å². The molecule has 4 heteroatoms. The zero-order chi connectivity index (χ0) is 15.4. The summed E-state index contributed by atoms with van der Waals surface area (Å²) in [6, 6.07) is 13.8. The number of pyridine rings is 1. The largest absolute Gasteiger partial charge is 0.493 e. The summed E-state index contributed by atoms with van der Waals surface area (Å²) in [7, 11) is 1.84. The van der Waals surface area contributed by atoms with Gasteiger partial charge in [-0.25, -0.2) is 0 Å². The Balaban J connectivity index is 1.65. The lowest BCUT2D eigenvalue weighted by Crippen LogP contribution is -2.29. The average Bonchev–Trinajstić information content (AvgIpc) is 2.56. The van der Waals surface area contributed by atoms with E-state index in [-0.39, 0.29) is 11.8 Å². The number of fused-ring (bicyclic) bond motifs is 1. The van der Waals surface area contributed by atoms with Crippen LogP contribution in [0.15, 0.2) is 48.7 Å². The van der Waals surface area contributed by atoms with Crippen molar-refractivity contribution in [1.82, 2.24) is 9.88 Å². The molecule has 0 fully saturated rings. The summed E-state index contributed by atoms with van der Waals surface area (Å²) >= 11 is 0. The van der Waals surface area contributed by atoms with E-state index in [0.717, 1.165) is 23.4 Å². The van der Waals surface area contributed by atoms with Crippen molar-refractivity contribution >= 4 is 5.91 Å².